The van der Waals surface area contributed by atoms with Gasteiger partial charge in [-0.1, -0.05) is 16.7 Å². The Balaban J connectivity index is 1.80. The highest BCUT2D eigenvalue weighted by Gasteiger charge is 2.24. The fraction of sp³-hybridized carbons (Fsp3) is 0.500. The van der Waals surface area contributed by atoms with Crippen molar-refractivity contribution in [3.63, 3.8) is 0 Å². The lowest BCUT2D eigenvalue weighted by atomic mass is 10.1. The summed E-state index contributed by atoms with van der Waals surface area (Å²) in [7, 11) is -5.08. The number of nitrogens with one attached hydrogen (secondary N) is 2. The Labute approximate surface area is 146 Å². The van der Waals surface area contributed by atoms with E-state index in [0.717, 1.165) is 25.7 Å². The van der Waals surface area contributed by atoms with Crippen molar-refractivity contribution in [3.05, 3.63) is 24.3 Å². The molecule has 2 rings (SSSR count). The first kappa shape index (κ1) is 19.2. The van der Waals surface area contributed by atoms with Crippen LogP contribution in [0.5, 0.6) is 5.75 Å². The lowest BCUT2D eigenvalue weighted by Gasteiger charge is -2.16. The number of benzene rings is 1. The lowest BCUT2D eigenvalue weighted by Crippen LogP contribution is -2.38. The summed E-state index contributed by atoms with van der Waals surface area (Å²) in [6.07, 6.45) is 4.03. The predicted molar refractivity (Wildman–Crippen MR) is 89.9 cm³/mol. The maximum absolute atomic E-state index is 12.4. The summed E-state index contributed by atoms with van der Waals surface area (Å²) in [5, 5.41) is 5.46. The minimum Gasteiger partial charge on any atom is -0.358 e. The van der Waals surface area contributed by atoms with Gasteiger partial charge in [0.05, 0.1) is 0 Å². The van der Waals surface area contributed by atoms with E-state index >= 15 is 0 Å². The maximum atomic E-state index is 12.4. The number of carbonyl (C=O) groups is 2. The molecule has 2 amide bonds. The van der Waals surface area contributed by atoms with Gasteiger partial charge in [-0.3, -0.25) is 9.59 Å². The minimum absolute atomic E-state index is 0.00765. The van der Waals surface area contributed by atoms with Crippen LogP contribution >= 0.6 is 0 Å². The quantitative estimate of drug-likeness (QED) is 0.715. The fourth-order valence-corrected chi connectivity index (χ4v) is 3.14. The first-order chi connectivity index (χ1) is 11.7. The van der Waals surface area contributed by atoms with E-state index in [-0.39, 0.29) is 35.9 Å². The average Bonchev–Trinajstić information content (AvgIpc) is 3.01. The van der Waals surface area contributed by atoms with E-state index in [1.54, 1.807) is 6.92 Å². The fourth-order valence-electron chi connectivity index (χ4n) is 2.80. The van der Waals surface area contributed by atoms with E-state index in [9.17, 15) is 21.9 Å². The third kappa shape index (κ3) is 6.69. The van der Waals surface area contributed by atoms with Gasteiger partial charge >= 0.3 is 10.5 Å². The van der Waals surface area contributed by atoms with Crippen LogP contribution in [0.15, 0.2) is 24.3 Å². The lowest BCUT2D eigenvalue weighted by molar-refractivity contribution is -0.125. The van der Waals surface area contributed by atoms with Crippen molar-refractivity contribution in [2.75, 3.05) is 5.32 Å². The Morgan fingerprint density at radius 2 is 1.84 bits per heavy atom. The summed E-state index contributed by atoms with van der Waals surface area (Å²) < 4.78 is 37.2. The molecule has 1 aromatic carbocycles. The summed E-state index contributed by atoms with van der Waals surface area (Å²) in [4.78, 5) is 24.0. The Morgan fingerprint density at radius 3 is 2.40 bits per heavy atom. The van der Waals surface area contributed by atoms with Gasteiger partial charge in [0, 0.05) is 24.1 Å². The molecular weight excluding hydrogens is 351 g/mol. The van der Waals surface area contributed by atoms with E-state index in [0.29, 0.717) is 5.69 Å². The molecule has 1 atom stereocenters. The molecule has 0 bridgehead atoms. The molecule has 7 nitrogen and oxygen atoms in total. The molecule has 0 saturated heterocycles. The van der Waals surface area contributed by atoms with Crippen molar-refractivity contribution in [1.29, 1.82) is 0 Å². The summed E-state index contributed by atoms with van der Waals surface area (Å²) in [6.45, 7) is 1.76. The van der Waals surface area contributed by atoms with E-state index in [1.807, 2.05) is 0 Å². The molecule has 1 unspecified atom stereocenters. The van der Waals surface area contributed by atoms with Crippen molar-refractivity contribution >= 4 is 28.0 Å². The zero-order valence-electron chi connectivity index (χ0n) is 13.8. The molecule has 0 heterocycles. The zero-order valence-corrected chi connectivity index (χ0v) is 14.6. The molecule has 9 heteroatoms. The monoisotopic (exact) mass is 372 g/mol. The van der Waals surface area contributed by atoms with Crippen molar-refractivity contribution in [3.8, 4) is 5.75 Å². The van der Waals surface area contributed by atoms with Crippen molar-refractivity contribution < 1.29 is 26.1 Å². The standard InChI is InChI=1S/C16H21FN2O5S/c1-11(18-16(21)12-4-2-3-5-12)10-15(20)19-13-6-8-14(9-7-13)24-25(17,22)23/h6-9,11-12H,2-5,10H2,1H3,(H,18,21)(H,19,20). The molecule has 0 spiro atoms. The highest BCUT2D eigenvalue weighted by Crippen LogP contribution is 2.24. The summed E-state index contributed by atoms with van der Waals surface area (Å²) >= 11 is 0. The van der Waals surface area contributed by atoms with Gasteiger partial charge < -0.3 is 14.8 Å². The number of halogens is 1. The van der Waals surface area contributed by atoms with Gasteiger partial charge in [0.15, 0.2) is 0 Å². The molecule has 1 aromatic rings. The van der Waals surface area contributed by atoms with E-state index in [4.69, 9.17) is 0 Å². The Morgan fingerprint density at radius 1 is 1.24 bits per heavy atom. The van der Waals surface area contributed by atoms with E-state index < -0.39 is 10.5 Å². The second kappa shape index (κ2) is 8.28. The number of carbonyl (C=O) groups excluding carboxylic acids is 2. The van der Waals surface area contributed by atoms with Crippen LogP contribution in [-0.2, 0) is 20.1 Å². The van der Waals surface area contributed by atoms with Gasteiger partial charge in [-0.15, -0.1) is 0 Å². The van der Waals surface area contributed by atoms with Crippen LogP contribution in [0.25, 0.3) is 0 Å². The Bertz CT molecular complexity index is 715. The molecule has 1 aliphatic carbocycles. The number of hydrogen-bond acceptors (Lipinski definition) is 5. The number of rotatable bonds is 7. The van der Waals surface area contributed by atoms with Crippen LogP contribution in [0, 0.1) is 5.92 Å². The van der Waals surface area contributed by atoms with Crippen LogP contribution in [0.2, 0.25) is 0 Å². The number of amides is 2. The zero-order chi connectivity index (χ0) is 18.4. The second-order valence-electron chi connectivity index (χ2n) is 6.14. The molecule has 0 aromatic heterocycles. The summed E-state index contributed by atoms with van der Waals surface area (Å²) in [5.41, 5.74) is 0.405. The SMILES string of the molecule is CC(CC(=O)Nc1ccc(OS(=O)(=O)F)cc1)NC(=O)C1CCCC1. The molecular formula is C16H21FN2O5S. The highest BCUT2D eigenvalue weighted by atomic mass is 32.3. The number of anilines is 1. The first-order valence-electron chi connectivity index (χ1n) is 8.07. The third-order valence-electron chi connectivity index (χ3n) is 3.94. The molecule has 1 saturated carbocycles. The van der Waals surface area contributed by atoms with Gasteiger partial charge in [-0.05, 0) is 44.0 Å². The van der Waals surface area contributed by atoms with Gasteiger partial charge in [-0.2, -0.15) is 8.42 Å². The minimum atomic E-state index is -5.08. The largest absolute Gasteiger partial charge is 0.488 e. The third-order valence-corrected chi connectivity index (χ3v) is 4.33. The molecule has 0 radical (unpaired) electrons. The van der Waals surface area contributed by atoms with Crippen LogP contribution < -0.4 is 14.8 Å². The average molecular weight is 372 g/mol. The van der Waals surface area contributed by atoms with Gasteiger partial charge in [-0.25, -0.2) is 0 Å². The highest BCUT2D eigenvalue weighted by molar-refractivity contribution is 7.81. The normalized spacial score (nSPS) is 16.2. The maximum Gasteiger partial charge on any atom is 0.488 e. The predicted octanol–water partition coefficient (Wildman–Crippen LogP) is 2.30. The van der Waals surface area contributed by atoms with Crippen LogP contribution in [0.1, 0.15) is 39.0 Å². The topological polar surface area (TPSA) is 102 Å². The molecule has 2 N–H and O–H groups in total. The van der Waals surface area contributed by atoms with Crippen molar-refractivity contribution in [2.24, 2.45) is 5.92 Å². The Hall–Kier alpha value is -2.16. The first-order valence-corrected chi connectivity index (χ1v) is 9.38. The van der Waals surface area contributed by atoms with Crippen LogP contribution in [-0.4, -0.2) is 26.3 Å². The molecule has 0 aliphatic heterocycles. The van der Waals surface area contributed by atoms with Crippen molar-refractivity contribution in [2.45, 2.75) is 45.1 Å². The van der Waals surface area contributed by atoms with Crippen molar-refractivity contribution in [1.82, 2.24) is 5.32 Å². The molecule has 25 heavy (non-hydrogen) atoms. The van der Waals surface area contributed by atoms with E-state index in [2.05, 4.69) is 14.8 Å². The number of hydrogen-bond donors (Lipinski definition) is 2. The van der Waals surface area contributed by atoms with Gasteiger partial charge in [0.1, 0.15) is 5.75 Å². The summed E-state index contributed by atoms with van der Waals surface area (Å²) in [5.74, 6) is -0.458. The van der Waals surface area contributed by atoms with E-state index in [1.165, 1.54) is 24.3 Å². The van der Waals surface area contributed by atoms with Crippen LogP contribution in [0.3, 0.4) is 0 Å². The molecule has 1 aliphatic rings. The van der Waals surface area contributed by atoms with Gasteiger partial charge in [0.25, 0.3) is 0 Å². The van der Waals surface area contributed by atoms with Crippen LogP contribution in [0.4, 0.5) is 9.57 Å². The molecule has 1 fully saturated rings. The Kier molecular flexibility index (Phi) is 6.35. The summed E-state index contributed by atoms with van der Waals surface area (Å²) in [6, 6.07) is 4.92. The van der Waals surface area contributed by atoms with Gasteiger partial charge in [0.2, 0.25) is 11.8 Å². The molecule has 138 valence electrons. The smallest absolute Gasteiger partial charge is 0.358 e. The second-order valence-corrected chi connectivity index (χ2v) is 7.10.